The molecule has 1 unspecified atom stereocenters. The fourth-order valence-electron chi connectivity index (χ4n) is 1.83. The first-order valence-corrected chi connectivity index (χ1v) is 5.83. The van der Waals surface area contributed by atoms with Gasteiger partial charge in [-0.05, 0) is 27.7 Å². The van der Waals surface area contributed by atoms with Crippen molar-refractivity contribution in [1.29, 1.82) is 5.26 Å². The first-order chi connectivity index (χ1) is 7.88. The quantitative estimate of drug-likeness (QED) is 0.866. The SMILES string of the molecule is Cc1nn(C(C)C)c(N(C)CC(C)C#N)c1N. The van der Waals surface area contributed by atoms with Crippen molar-refractivity contribution in [3.63, 3.8) is 0 Å². The standard InChI is InChI=1S/C12H21N5/c1-8(2)17-12(11(14)10(4)15-17)16(5)7-9(3)6-13/h8-9H,7,14H2,1-5H3. The van der Waals surface area contributed by atoms with Crippen molar-refractivity contribution < 1.29 is 0 Å². The van der Waals surface area contributed by atoms with Crippen LogP contribution in [-0.2, 0) is 0 Å². The lowest BCUT2D eigenvalue weighted by Gasteiger charge is -2.23. The Morgan fingerprint density at radius 3 is 2.53 bits per heavy atom. The first kappa shape index (κ1) is 13.4. The number of hydrogen-bond donors (Lipinski definition) is 1. The monoisotopic (exact) mass is 235 g/mol. The van der Waals surface area contributed by atoms with E-state index < -0.39 is 0 Å². The Hall–Kier alpha value is -1.70. The van der Waals surface area contributed by atoms with Crippen LogP contribution in [0, 0.1) is 24.2 Å². The summed E-state index contributed by atoms with van der Waals surface area (Å²) in [5.74, 6) is 0.870. The minimum absolute atomic E-state index is 0.0322. The summed E-state index contributed by atoms with van der Waals surface area (Å²) >= 11 is 0. The maximum Gasteiger partial charge on any atom is 0.150 e. The van der Waals surface area contributed by atoms with Gasteiger partial charge in [-0.15, -0.1) is 0 Å². The fourth-order valence-corrected chi connectivity index (χ4v) is 1.83. The number of anilines is 2. The van der Waals surface area contributed by atoms with Gasteiger partial charge in [-0.25, -0.2) is 4.68 Å². The zero-order chi connectivity index (χ0) is 13.2. The molecule has 0 fully saturated rings. The molecule has 0 saturated carbocycles. The molecule has 0 radical (unpaired) electrons. The van der Waals surface area contributed by atoms with Crippen molar-refractivity contribution in [2.24, 2.45) is 5.92 Å². The number of aryl methyl sites for hydroxylation is 1. The van der Waals surface area contributed by atoms with E-state index in [1.54, 1.807) is 0 Å². The lowest BCUT2D eigenvalue weighted by Crippen LogP contribution is -2.27. The predicted molar refractivity (Wildman–Crippen MR) is 69.8 cm³/mol. The molecule has 5 nitrogen and oxygen atoms in total. The van der Waals surface area contributed by atoms with Gasteiger partial charge in [-0.3, -0.25) is 0 Å². The summed E-state index contributed by atoms with van der Waals surface area (Å²) in [6, 6.07) is 2.48. The Morgan fingerprint density at radius 1 is 1.47 bits per heavy atom. The van der Waals surface area contributed by atoms with Crippen molar-refractivity contribution in [3.8, 4) is 6.07 Å². The molecule has 2 N–H and O–H groups in total. The number of aromatic nitrogens is 2. The lowest BCUT2D eigenvalue weighted by molar-refractivity contribution is 0.522. The van der Waals surface area contributed by atoms with Crippen LogP contribution in [0.1, 0.15) is 32.5 Å². The molecule has 0 aliphatic heterocycles. The highest BCUT2D eigenvalue weighted by molar-refractivity contribution is 5.66. The maximum absolute atomic E-state index is 8.85. The molecule has 1 rings (SSSR count). The van der Waals surface area contributed by atoms with E-state index in [0.29, 0.717) is 12.2 Å². The molecule has 94 valence electrons. The van der Waals surface area contributed by atoms with E-state index in [9.17, 15) is 0 Å². The van der Waals surface area contributed by atoms with E-state index in [1.807, 2.05) is 30.5 Å². The molecule has 1 heterocycles. The zero-order valence-corrected chi connectivity index (χ0v) is 11.2. The second-order valence-electron chi connectivity index (χ2n) is 4.77. The van der Waals surface area contributed by atoms with Crippen molar-refractivity contribution in [3.05, 3.63) is 5.69 Å². The number of nitrogens with two attached hydrogens (primary N) is 1. The van der Waals surface area contributed by atoms with Gasteiger partial charge in [0.2, 0.25) is 0 Å². The van der Waals surface area contributed by atoms with Crippen LogP contribution in [0.4, 0.5) is 11.5 Å². The van der Waals surface area contributed by atoms with Crippen molar-refractivity contribution in [1.82, 2.24) is 9.78 Å². The molecule has 0 aromatic carbocycles. The number of nitriles is 1. The summed E-state index contributed by atoms with van der Waals surface area (Å²) in [6.45, 7) is 8.58. The largest absolute Gasteiger partial charge is 0.394 e. The molecular weight excluding hydrogens is 214 g/mol. The number of rotatable bonds is 4. The number of hydrogen-bond acceptors (Lipinski definition) is 4. The Morgan fingerprint density at radius 2 is 2.06 bits per heavy atom. The molecular formula is C12H21N5. The van der Waals surface area contributed by atoms with Gasteiger partial charge in [-0.1, -0.05) is 0 Å². The molecule has 0 saturated heterocycles. The topological polar surface area (TPSA) is 70.9 Å². The summed E-state index contributed by atoms with van der Waals surface area (Å²) in [4.78, 5) is 2.00. The zero-order valence-electron chi connectivity index (χ0n) is 11.2. The minimum Gasteiger partial charge on any atom is -0.394 e. The molecule has 0 spiro atoms. The average Bonchev–Trinajstić information content (AvgIpc) is 2.55. The Kier molecular flexibility index (Phi) is 4.00. The van der Waals surface area contributed by atoms with Crippen LogP contribution in [0.2, 0.25) is 0 Å². The number of nitrogen functional groups attached to an aromatic ring is 1. The third kappa shape index (κ3) is 2.70. The van der Waals surface area contributed by atoms with E-state index in [-0.39, 0.29) is 12.0 Å². The normalized spacial score (nSPS) is 12.5. The summed E-state index contributed by atoms with van der Waals surface area (Å²) < 4.78 is 1.91. The lowest BCUT2D eigenvalue weighted by atomic mass is 10.2. The second kappa shape index (κ2) is 5.09. The third-order valence-electron chi connectivity index (χ3n) is 2.72. The highest BCUT2D eigenvalue weighted by atomic mass is 15.4. The van der Waals surface area contributed by atoms with Crippen LogP contribution in [0.25, 0.3) is 0 Å². The molecule has 0 amide bonds. The van der Waals surface area contributed by atoms with Crippen LogP contribution >= 0.6 is 0 Å². The van der Waals surface area contributed by atoms with E-state index in [2.05, 4.69) is 25.0 Å². The van der Waals surface area contributed by atoms with Crippen LogP contribution in [0.3, 0.4) is 0 Å². The highest BCUT2D eigenvalue weighted by Crippen LogP contribution is 2.28. The van der Waals surface area contributed by atoms with Crippen LogP contribution in [0.5, 0.6) is 0 Å². The van der Waals surface area contributed by atoms with Gasteiger partial charge in [0, 0.05) is 19.6 Å². The van der Waals surface area contributed by atoms with E-state index >= 15 is 0 Å². The van der Waals surface area contributed by atoms with Crippen LogP contribution in [-0.4, -0.2) is 23.4 Å². The smallest absolute Gasteiger partial charge is 0.150 e. The minimum atomic E-state index is -0.0322. The van der Waals surface area contributed by atoms with Crippen LogP contribution in [0.15, 0.2) is 0 Å². The first-order valence-electron chi connectivity index (χ1n) is 5.83. The maximum atomic E-state index is 8.85. The van der Waals surface area contributed by atoms with Crippen molar-refractivity contribution in [2.75, 3.05) is 24.2 Å². The Labute approximate surface area is 103 Å². The molecule has 1 atom stereocenters. The van der Waals surface area contributed by atoms with Crippen LogP contribution < -0.4 is 10.6 Å². The van der Waals surface area contributed by atoms with Gasteiger partial charge in [0.05, 0.1) is 23.4 Å². The Bertz CT molecular complexity index is 427. The van der Waals surface area contributed by atoms with Gasteiger partial charge < -0.3 is 10.6 Å². The Balaban J connectivity index is 3.08. The second-order valence-corrected chi connectivity index (χ2v) is 4.77. The van der Waals surface area contributed by atoms with Gasteiger partial charge >= 0.3 is 0 Å². The molecule has 0 aliphatic rings. The van der Waals surface area contributed by atoms with E-state index in [4.69, 9.17) is 11.0 Å². The van der Waals surface area contributed by atoms with Gasteiger partial charge in [0.15, 0.2) is 5.82 Å². The summed E-state index contributed by atoms with van der Waals surface area (Å²) in [6.07, 6.45) is 0. The number of nitrogens with zero attached hydrogens (tertiary/aromatic N) is 4. The summed E-state index contributed by atoms with van der Waals surface area (Å²) in [5, 5.41) is 13.3. The molecule has 0 aliphatic carbocycles. The summed E-state index contributed by atoms with van der Waals surface area (Å²) in [7, 11) is 1.94. The van der Waals surface area contributed by atoms with E-state index in [0.717, 1.165) is 11.5 Å². The summed E-state index contributed by atoms with van der Waals surface area (Å²) in [5.41, 5.74) is 7.59. The molecule has 1 aromatic heterocycles. The predicted octanol–water partition coefficient (Wildman–Crippen LogP) is 1.95. The molecule has 17 heavy (non-hydrogen) atoms. The molecule has 0 bridgehead atoms. The van der Waals surface area contributed by atoms with Crippen molar-refractivity contribution >= 4 is 11.5 Å². The molecule has 5 heteroatoms. The van der Waals surface area contributed by atoms with Gasteiger partial charge in [0.25, 0.3) is 0 Å². The third-order valence-corrected chi connectivity index (χ3v) is 2.72. The highest BCUT2D eigenvalue weighted by Gasteiger charge is 2.19. The fraction of sp³-hybridized carbons (Fsp3) is 0.667. The van der Waals surface area contributed by atoms with Crippen molar-refractivity contribution in [2.45, 2.75) is 33.7 Å². The van der Waals surface area contributed by atoms with Gasteiger partial charge in [-0.2, -0.15) is 10.4 Å². The average molecular weight is 235 g/mol. The molecule has 1 aromatic rings. The van der Waals surface area contributed by atoms with Gasteiger partial charge in [0.1, 0.15) is 0 Å². The van der Waals surface area contributed by atoms with E-state index in [1.165, 1.54) is 0 Å².